The van der Waals surface area contributed by atoms with E-state index < -0.39 is 0 Å². The van der Waals surface area contributed by atoms with Gasteiger partial charge in [0.1, 0.15) is 0 Å². The summed E-state index contributed by atoms with van der Waals surface area (Å²) in [5, 5.41) is 21.3. The van der Waals surface area contributed by atoms with E-state index in [0.29, 0.717) is 0 Å². The summed E-state index contributed by atoms with van der Waals surface area (Å²) < 4.78 is 0. The second-order valence-corrected chi connectivity index (χ2v) is 4.76. The van der Waals surface area contributed by atoms with Crippen LogP contribution in [-0.2, 0) is 0 Å². The molecule has 22 heteroatoms. The molecule has 17 N–H and O–H groups in total. The van der Waals surface area contributed by atoms with Gasteiger partial charge in [0.05, 0.1) is 0 Å². The molecule has 0 aliphatic heterocycles. The molecule has 0 aromatic heterocycles. The van der Waals surface area contributed by atoms with E-state index in [4.69, 9.17) is 70.7 Å². The molecule has 0 aliphatic carbocycles. The highest BCUT2D eigenvalue weighted by molar-refractivity contribution is 4.41. The zero-order valence-electron chi connectivity index (χ0n) is 22.1. The van der Waals surface area contributed by atoms with E-state index in [1.807, 2.05) is 28.2 Å². The molecule has 0 saturated carbocycles. The fourth-order valence-electron chi connectivity index (χ4n) is 0.943. The Labute approximate surface area is 212 Å². The molecule has 0 unspecified atom stereocenters. The average Bonchev–Trinajstić information content (AvgIpc) is 2.79. The first-order valence-electron chi connectivity index (χ1n) is 9.70. The van der Waals surface area contributed by atoms with Crippen molar-refractivity contribution in [1.82, 2.24) is 22.2 Å². The topological polar surface area (TPSA) is 429 Å². The van der Waals surface area contributed by atoms with Crippen LogP contribution >= 0.6 is 0 Å². The van der Waals surface area contributed by atoms with Gasteiger partial charge in [-0.3, -0.25) is 11.3 Å². The third-order valence-corrected chi connectivity index (χ3v) is 1.83. The van der Waals surface area contributed by atoms with Crippen LogP contribution in [0.25, 0.3) is 31.3 Å². The van der Waals surface area contributed by atoms with Gasteiger partial charge in [0.2, 0.25) is 0 Å². The third kappa shape index (κ3) is 1330. The average molecular weight is 535 g/mol. The van der Waals surface area contributed by atoms with Crippen LogP contribution in [0.1, 0.15) is 45.4 Å². The second-order valence-electron chi connectivity index (χ2n) is 4.76. The largest absolute Gasteiger partial charge is 0.379 e. The Bertz CT molecular complexity index is 333. The zero-order chi connectivity index (χ0) is 30.0. The molecule has 0 aromatic rings. The normalized spacial score (nSPS) is 6.00. The van der Waals surface area contributed by atoms with Gasteiger partial charge in [-0.25, -0.2) is 0 Å². The number of hydrogen-bond donors (Lipinski definition) is 12. The van der Waals surface area contributed by atoms with Gasteiger partial charge in [-0.15, -0.1) is 26.4 Å². The Balaban J connectivity index is -0.0000000272. The number of hydrogen-bond acceptors (Lipinski definition) is 14. The first kappa shape index (κ1) is 63.7. The van der Waals surface area contributed by atoms with E-state index in [0.717, 1.165) is 32.5 Å². The standard InChI is InChI=1S/2C5H14N2.2C2H7N.3HN3.2HNO2.H3N/c1-2-3-4-5-7-6;6-4-2-1-3-5-7;5*1-3-2;2*2-1-3;/h7H,2-6H2,1H3;1-7H2;2*3H,1-2H3;3*1H;2*(H,2,3);1H3. The van der Waals surface area contributed by atoms with E-state index in [1.54, 1.807) is 14.7 Å². The van der Waals surface area contributed by atoms with E-state index >= 15 is 0 Å². The Hall–Kier alpha value is -3.55. The van der Waals surface area contributed by atoms with Gasteiger partial charge in [0, 0.05) is 6.54 Å². The van der Waals surface area contributed by atoms with Gasteiger partial charge in [-0.1, -0.05) is 26.2 Å². The maximum atomic E-state index is 8.11. The maximum absolute atomic E-state index is 8.11. The number of nitrogens with two attached hydrogens (primary N) is 3. The van der Waals surface area contributed by atoms with Crippen LogP contribution in [0.4, 0.5) is 0 Å². The van der Waals surface area contributed by atoms with Crippen molar-refractivity contribution < 1.29 is 10.4 Å². The molecule has 0 atom stereocenters. The fourth-order valence-corrected chi connectivity index (χ4v) is 0.943. The Kier molecular flexibility index (Phi) is 285. The van der Waals surface area contributed by atoms with Crippen LogP contribution in [0.15, 0.2) is 10.7 Å². The van der Waals surface area contributed by atoms with Crippen molar-refractivity contribution in [3.63, 3.8) is 0 Å². The lowest BCUT2D eigenvalue weighted by Gasteiger charge is -1.93. The molecule has 0 aliphatic rings. The van der Waals surface area contributed by atoms with Gasteiger partial charge >= 0.3 is 0 Å². The quantitative estimate of drug-likeness (QED) is 0.0406. The molecule has 0 aromatic carbocycles. The van der Waals surface area contributed by atoms with E-state index in [2.05, 4.69) is 23.0 Å². The second kappa shape index (κ2) is 161. The predicted molar refractivity (Wildman–Crippen MR) is 142 cm³/mol. The summed E-state index contributed by atoms with van der Waals surface area (Å²) in [5.41, 5.74) is 49.8. The monoisotopic (exact) mass is 534 g/mol. The highest BCUT2D eigenvalue weighted by atomic mass is 16.6. The van der Waals surface area contributed by atoms with E-state index in [9.17, 15) is 0 Å². The lowest BCUT2D eigenvalue weighted by atomic mass is 10.2. The molecule has 220 valence electrons. The van der Waals surface area contributed by atoms with Gasteiger partial charge in [0.15, 0.2) is 10.7 Å². The molecule has 0 rings (SSSR count). The van der Waals surface area contributed by atoms with Crippen LogP contribution < -0.4 is 39.5 Å². The van der Waals surface area contributed by atoms with Crippen LogP contribution in [0.5, 0.6) is 0 Å². The molecular weight excluding hydrogens is 484 g/mol. The van der Waals surface area contributed by atoms with Crippen molar-refractivity contribution >= 4 is 0 Å². The van der Waals surface area contributed by atoms with Crippen LogP contribution in [0.2, 0.25) is 0 Å². The first-order chi connectivity index (χ1) is 16.7. The molecule has 0 radical (unpaired) electrons. The molecule has 22 nitrogen and oxygen atoms in total. The number of nitrogens with zero attached hydrogens (tertiary/aromatic N) is 8. The summed E-state index contributed by atoms with van der Waals surface area (Å²) >= 11 is 0. The van der Waals surface area contributed by atoms with Crippen molar-refractivity contribution in [3.05, 3.63) is 41.1 Å². The summed E-state index contributed by atoms with van der Waals surface area (Å²) in [5.74, 6) is 5.02. The molecule has 36 heavy (non-hydrogen) atoms. The van der Waals surface area contributed by atoms with Crippen molar-refractivity contribution in [1.29, 1.82) is 16.6 Å². The van der Waals surface area contributed by atoms with Crippen LogP contribution in [-0.4, -0.2) is 58.2 Å². The molecular formula is C14H50N18O4. The molecule has 0 spiro atoms. The minimum atomic E-state index is 0. The van der Waals surface area contributed by atoms with Crippen LogP contribution in [0.3, 0.4) is 0 Å². The van der Waals surface area contributed by atoms with Crippen molar-refractivity contribution in [2.75, 3.05) is 47.8 Å². The van der Waals surface area contributed by atoms with Crippen molar-refractivity contribution in [2.24, 2.45) is 28.0 Å². The number of hydrazine groups is 1. The van der Waals surface area contributed by atoms with Crippen molar-refractivity contribution in [2.45, 2.75) is 45.4 Å². The molecule has 0 heterocycles. The first-order valence-corrected chi connectivity index (χ1v) is 9.70. The minimum Gasteiger partial charge on any atom is -0.379 e. The smallest absolute Gasteiger partial charge is 0.152 e. The Morgan fingerprint density at radius 3 is 1.11 bits per heavy atom. The van der Waals surface area contributed by atoms with Gasteiger partial charge in [0.25, 0.3) is 0 Å². The molecule has 0 bridgehead atoms. The lowest BCUT2D eigenvalue weighted by Crippen LogP contribution is -2.22. The van der Waals surface area contributed by atoms with Crippen molar-refractivity contribution in [3.8, 4) is 0 Å². The maximum Gasteiger partial charge on any atom is 0.152 e. The summed E-state index contributed by atoms with van der Waals surface area (Å²) in [7, 11) is 7.50. The zero-order valence-corrected chi connectivity index (χ0v) is 22.1. The SMILES string of the molecule is CCCCCNN.CNC.CNC.N.NCCCCCN.O=NO.O=NO.[N-]=[N+]=N.[N-]=[N+]=N.[N-]=[N+]=N. The summed E-state index contributed by atoms with van der Waals surface area (Å²) in [6.07, 6.45) is 7.18. The Morgan fingerprint density at radius 2 is 0.972 bits per heavy atom. The summed E-state index contributed by atoms with van der Waals surface area (Å²) in [6.45, 7) is 4.74. The van der Waals surface area contributed by atoms with E-state index in [-0.39, 0.29) is 6.15 Å². The van der Waals surface area contributed by atoms with Gasteiger partial charge in [-0.2, -0.15) is 0 Å². The minimum absolute atomic E-state index is 0. The van der Waals surface area contributed by atoms with Gasteiger partial charge in [-0.05, 0) is 91.9 Å². The summed E-state index contributed by atoms with van der Waals surface area (Å²) in [6, 6.07) is 0. The molecule has 0 fully saturated rings. The highest BCUT2D eigenvalue weighted by Crippen LogP contribution is 1.89. The number of unbranched alkanes of at least 4 members (excludes halogenated alkanes) is 4. The summed E-state index contributed by atoms with van der Waals surface area (Å²) in [4.78, 5) is 21.5. The van der Waals surface area contributed by atoms with E-state index in [1.165, 1.54) is 36.4 Å². The third-order valence-electron chi connectivity index (χ3n) is 1.83. The molecule has 0 saturated heterocycles. The van der Waals surface area contributed by atoms with Crippen LogP contribution in [0, 0.1) is 26.4 Å². The number of nitrogens with one attached hydrogen (secondary N) is 6. The van der Waals surface area contributed by atoms with Gasteiger partial charge < -0.3 is 38.7 Å². The predicted octanol–water partition coefficient (Wildman–Crippen LogP) is 3.46. The highest BCUT2D eigenvalue weighted by Gasteiger charge is 1.80. The molecule has 0 amide bonds. The lowest BCUT2D eigenvalue weighted by molar-refractivity contribution is 0.312. The number of rotatable bonds is 8. The fraction of sp³-hybridized carbons (Fsp3) is 1.00. The Morgan fingerprint density at radius 1 is 0.750 bits per heavy atom.